The minimum atomic E-state index is -0.244. The van der Waals surface area contributed by atoms with Crippen LogP contribution in [0.5, 0.6) is 11.5 Å². The fraction of sp³-hybridized carbons (Fsp3) is 0.211. The second-order valence-corrected chi connectivity index (χ2v) is 6.67. The second kappa shape index (κ2) is 8.05. The van der Waals surface area contributed by atoms with E-state index in [-0.39, 0.29) is 11.8 Å². The molecule has 0 bridgehead atoms. The molecule has 7 nitrogen and oxygen atoms in total. The van der Waals surface area contributed by atoms with Crippen LogP contribution in [0.4, 0.5) is 10.8 Å². The summed E-state index contributed by atoms with van der Waals surface area (Å²) in [6, 6.07) is 10.4. The fourth-order valence-electron chi connectivity index (χ4n) is 2.50. The molecule has 0 fully saturated rings. The van der Waals surface area contributed by atoms with Crippen LogP contribution in [0.2, 0.25) is 0 Å². The Kier molecular flexibility index (Phi) is 5.56. The molecule has 0 spiro atoms. The van der Waals surface area contributed by atoms with E-state index in [1.165, 1.54) is 25.4 Å². The highest BCUT2D eigenvalue weighted by atomic mass is 32.1. The molecule has 0 aliphatic heterocycles. The van der Waals surface area contributed by atoms with Crippen LogP contribution >= 0.6 is 11.3 Å². The number of aromatic nitrogens is 1. The van der Waals surface area contributed by atoms with Crippen molar-refractivity contribution in [2.75, 3.05) is 24.4 Å². The van der Waals surface area contributed by atoms with Crippen molar-refractivity contribution in [3.05, 3.63) is 42.0 Å². The van der Waals surface area contributed by atoms with Gasteiger partial charge < -0.3 is 20.1 Å². The van der Waals surface area contributed by atoms with Crippen molar-refractivity contribution in [3.8, 4) is 11.5 Å². The normalized spacial score (nSPS) is 10.5. The van der Waals surface area contributed by atoms with Gasteiger partial charge in [0, 0.05) is 24.2 Å². The number of nitrogens with one attached hydrogen (secondary N) is 2. The summed E-state index contributed by atoms with van der Waals surface area (Å²) in [6.45, 7) is 3.90. The lowest BCUT2D eigenvalue weighted by molar-refractivity contribution is -0.114. The standard InChI is InChI=1S/C19H19N3O4S/c1-4-26-14-7-5-12(6-8-14)18(24)21-13-9-15(25-3)17-16(10-13)27-19(22-17)20-11(2)23/h5-10H,4H2,1-3H3,(H,21,24)(H,20,22,23). The molecule has 2 amide bonds. The third-order valence-electron chi connectivity index (χ3n) is 3.65. The molecule has 3 rings (SSSR count). The van der Waals surface area contributed by atoms with Crippen molar-refractivity contribution in [1.29, 1.82) is 0 Å². The maximum Gasteiger partial charge on any atom is 0.255 e. The minimum Gasteiger partial charge on any atom is -0.494 e. The lowest BCUT2D eigenvalue weighted by Gasteiger charge is -2.09. The molecular weight excluding hydrogens is 366 g/mol. The van der Waals surface area contributed by atoms with Gasteiger partial charge in [-0.25, -0.2) is 4.98 Å². The number of amides is 2. The number of thiazole rings is 1. The highest BCUT2D eigenvalue weighted by Gasteiger charge is 2.14. The molecule has 1 heterocycles. The predicted octanol–water partition coefficient (Wildman–Crippen LogP) is 3.91. The number of anilines is 2. The summed E-state index contributed by atoms with van der Waals surface area (Å²) in [5.41, 5.74) is 1.72. The minimum absolute atomic E-state index is 0.197. The molecule has 140 valence electrons. The summed E-state index contributed by atoms with van der Waals surface area (Å²) in [6.07, 6.45) is 0. The number of nitrogens with zero attached hydrogens (tertiary/aromatic N) is 1. The molecule has 0 unspecified atom stereocenters. The Morgan fingerprint density at radius 3 is 2.52 bits per heavy atom. The second-order valence-electron chi connectivity index (χ2n) is 5.64. The highest BCUT2D eigenvalue weighted by molar-refractivity contribution is 7.22. The number of rotatable bonds is 6. The van der Waals surface area contributed by atoms with E-state index in [1.807, 2.05) is 6.92 Å². The van der Waals surface area contributed by atoms with Crippen LogP contribution in [0.15, 0.2) is 36.4 Å². The van der Waals surface area contributed by atoms with E-state index in [2.05, 4.69) is 15.6 Å². The Hall–Kier alpha value is -3.13. The van der Waals surface area contributed by atoms with E-state index in [1.54, 1.807) is 36.4 Å². The summed E-state index contributed by atoms with van der Waals surface area (Å²) in [5.74, 6) is 0.790. The van der Waals surface area contributed by atoms with Gasteiger partial charge in [0.1, 0.15) is 17.0 Å². The molecule has 0 aliphatic carbocycles. The fourth-order valence-corrected chi connectivity index (χ4v) is 3.47. The van der Waals surface area contributed by atoms with Crippen molar-refractivity contribution >= 4 is 44.2 Å². The van der Waals surface area contributed by atoms with Gasteiger partial charge in [-0.15, -0.1) is 0 Å². The number of methoxy groups -OCH3 is 1. The van der Waals surface area contributed by atoms with E-state index in [0.29, 0.717) is 40.0 Å². The van der Waals surface area contributed by atoms with Gasteiger partial charge in [-0.2, -0.15) is 0 Å². The molecule has 0 saturated carbocycles. The van der Waals surface area contributed by atoms with Crippen LogP contribution in [-0.4, -0.2) is 30.5 Å². The summed E-state index contributed by atoms with van der Waals surface area (Å²) in [5, 5.41) is 6.00. The van der Waals surface area contributed by atoms with Crippen molar-refractivity contribution in [2.24, 2.45) is 0 Å². The number of benzene rings is 2. The Labute approximate surface area is 160 Å². The summed E-state index contributed by atoms with van der Waals surface area (Å²) < 4.78 is 11.6. The zero-order valence-electron chi connectivity index (χ0n) is 15.2. The van der Waals surface area contributed by atoms with Crippen molar-refractivity contribution in [1.82, 2.24) is 4.98 Å². The van der Waals surface area contributed by atoms with Crippen LogP contribution in [0, 0.1) is 0 Å². The van der Waals surface area contributed by atoms with E-state index in [0.717, 1.165) is 4.70 Å². The molecular formula is C19H19N3O4S. The molecule has 0 radical (unpaired) electrons. The number of hydrogen-bond donors (Lipinski definition) is 2. The number of hydrogen-bond acceptors (Lipinski definition) is 6. The van der Waals surface area contributed by atoms with Gasteiger partial charge in [0.15, 0.2) is 5.13 Å². The van der Waals surface area contributed by atoms with Crippen molar-refractivity contribution in [2.45, 2.75) is 13.8 Å². The third-order valence-corrected chi connectivity index (χ3v) is 4.57. The number of carbonyl (C=O) groups is 2. The van der Waals surface area contributed by atoms with Crippen LogP contribution < -0.4 is 20.1 Å². The quantitative estimate of drug-likeness (QED) is 0.671. The molecule has 2 aromatic carbocycles. The first-order valence-corrected chi connectivity index (χ1v) is 9.12. The largest absolute Gasteiger partial charge is 0.494 e. The van der Waals surface area contributed by atoms with Crippen LogP contribution in [0.1, 0.15) is 24.2 Å². The van der Waals surface area contributed by atoms with Gasteiger partial charge in [-0.1, -0.05) is 11.3 Å². The van der Waals surface area contributed by atoms with Crippen molar-refractivity contribution < 1.29 is 19.1 Å². The average Bonchev–Trinajstić information content (AvgIpc) is 3.03. The maximum absolute atomic E-state index is 12.5. The van der Waals surface area contributed by atoms with Gasteiger partial charge in [0.05, 0.1) is 18.4 Å². The third kappa shape index (κ3) is 4.35. The SMILES string of the molecule is CCOc1ccc(C(=O)Nc2cc(OC)c3nc(NC(C)=O)sc3c2)cc1. The molecule has 2 N–H and O–H groups in total. The van der Waals surface area contributed by atoms with Crippen LogP contribution in [-0.2, 0) is 4.79 Å². The van der Waals surface area contributed by atoms with E-state index >= 15 is 0 Å². The summed E-state index contributed by atoms with van der Waals surface area (Å²) >= 11 is 1.31. The Balaban J connectivity index is 1.85. The van der Waals surface area contributed by atoms with Crippen molar-refractivity contribution in [3.63, 3.8) is 0 Å². The lowest BCUT2D eigenvalue weighted by Crippen LogP contribution is -2.11. The first kappa shape index (κ1) is 18.7. The Morgan fingerprint density at radius 1 is 1.15 bits per heavy atom. The lowest BCUT2D eigenvalue weighted by atomic mass is 10.2. The molecule has 3 aromatic rings. The van der Waals surface area contributed by atoms with Gasteiger partial charge >= 0.3 is 0 Å². The van der Waals surface area contributed by atoms with Crippen LogP contribution in [0.25, 0.3) is 10.2 Å². The smallest absolute Gasteiger partial charge is 0.255 e. The highest BCUT2D eigenvalue weighted by Crippen LogP contribution is 2.35. The van der Waals surface area contributed by atoms with Gasteiger partial charge in [0.25, 0.3) is 5.91 Å². The number of fused-ring (bicyclic) bond motifs is 1. The van der Waals surface area contributed by atoms with E-state index in [4.69, 9.17) is 9.47 Å². The Bertz CT molecular complexity index is 983. The van der Waals surface area contributed by atoms with Gasteiger partial charge in [-0.3, -0.25) is 9.59 Å². The molecule has 0 atom stereocenters. The maximum atomic E-state index is 12.5. The van der Waals surface area contributed by atoms with E-state index < -0.39 is 0 Å². The molecule has 8 heteroatoms. The van der Waals surface area contributed by atoms with E-state index in [9.17, 15) is 9.59 Å². The monoisotopic (exact) mass is 385 g/mol. The summed E-state index contributed by atoms with van der Waals surface area (Å²) in [7, 11) is 1.53. The van der Waals surface area contributed by atoms with Gasteiger partial charge in [0.2, 0.25) is 5.91 Å². The first-order valence-electron chi connectivity index (χ1n) is 8.30. The first-order chi connectivity index (χ1) is 13.0. The number of carbonyl (C=O) groups excluding carboxylic acids is 2. The molecule has 0 saturated heterocycles. The van der Waals surface area contributed by atoms with Crippen LogP contribution in [0.3, 0.4) is 0 Å². The topological polar surface area (TPSA) is 89.6 Å². The molecule has 0 aliphatic rings. The average molecular weight is 385 g/mol. The molecule has 1 aromatic heterocycles. The molecule has 27 heavy (non-hydrogen) atoms. The summed E-state index contributed by atoms with van der Waals surface area (Å²) in [4.78, 5) is 28.1. The number of ether oxygens (including phenoxy) is 2. The zero-order valence-corrected chi connectivity index (χ0v) is 16.0. The van der Waals surface area contributed by atoms with Gasteiger partial charge in [-0.05, 0) is 37.3 Å². The predicted molar refractivity (Wildman–Crippen MR) is 106 cm³/mol. The Morgan fingerprint density at radius 2 is 1.89 bits per heavy atom. The zero-order chi connectivity index (χ0) is 19.4.